The van der Waals surface area contributed by atoms with Gasteiger partial charge in [0.25, 0.3) is 0 Å². The van der Waals surface area contributed by atoms with Gasteiger partial charge < -0.3 is 15.4 Å². The number of nitrogens with two attached hydrogens (primary N) is 1. The molecule has 0 radical (unpaired) electrons. The zero-order valence-electron chi connectivity index (χ0n) is 8.48. The molecule has 2 N–H and O–H groups in total. The second-order valence-corrected chi connectivity index (χ2v) is 3.92. The third-order valence-corrected chi connectivity index (χ3v) is 2.93. The summed E-state index contributed by atoms with van der Waals surface area (Å²) in [5, 5.41) is 0. The molecule has 0 unspecified atom stereocenters. The standard InChI is InChI=1S/C11H14N2OS/c12-10-3-1-2-9(8-10)11(15)13-4-6-14-7-5-13/h1-3,8H,4-7,12H2. The number of ether oxygens (including phenoxy) is 1. The summed E-state index contributed by atoms with van der Waals surface area (Å²) in [5.41, 5.74) is 7.50. The van der Waals surface area contributed by atoms with Crippen LogP contribution < -0.4 is 5.73 Å². The Balaban J connectivity index is 2.12. The third kappa shape index (κ3) is 2.46. The van der Waals surface area contributed by atoms with Crippen LogP contribution in [0, 0.1) is 0 Å². The highest BCUT2D eigenvalue weighted by Crippen LogP contribution is 2.12. The molecule has 0 amide bonds. The molecule has 0 saturated carbocycles. The Hall–Kier alpha value is -1.13. The zero-order valence-corrected chi connectivity index (χ0v) is 9.30. The summed E-state index contributed by atoms with van der Waals surface area (Å²) in [5.74, 6) is 0. The minimum atomic E-state index is 0.752. The second kappa shape index (κ2) is 4.59. The van der Waals surface area contributed by atoms with Crippen molar-refractivity contribution >= 4 is 22.9 Å². The first-order valence-corrected chi connectivity index (χ1v) is 5.41. The lowest BCUT2D eigenvalue weighted by molar-refractivity contribution is 0.0693. The predicted octanol–water partition coefficient (Wildman–Crippen LogP) is 1.28. The molecular weight excluding hydrogens is 208 g/mol. The average Bonchev–Trinajstić information content (AvgIpc) is 2.29. The zero-order chi connectivity index (χ0) is 10.7. The molecular formula is C11H14N2OS. The van der Waals surface area contributed by atoms with Gasteiger partial charge in [-0.2, -0.15) is 0 Å². The van der Waals surface area contributed by atoms with E-state index in [-0.39, 0.29) is 0 Å². The molecule has 4 heteroatoms. The third-order valence-electron chi connectivity index (χ3n) is 2.43. The maximum Gasteiger partial charge on any atom is 0.109 e. The topological polar surface area (TPSA) is 38.5 Å². The van der Waals surface area contributed by atoms with Crippen molar-refractivity contribution in [3.63, 3.8) is 0 Å². The van der Waals surface area contributed by atoms with E-state index in [1.807, 2.05) is 24.3 Å². The van der Waals surface area contributed by atoms with E-state index in [1.165, 1.54) is 0 Å². The van der Waals surface area contributed by atoms with Crippen molar-refractivity contribution in [2.75, 3.05) is 32.0 Å². The van der Waals surface area contributed by atoms with Crippen LogP contribution in [-0.2, 0) is 4.74 Å². The first kappa shape index (κ1) is 10.4. The number of rotatable bonds is 1. The molecule has 0 bridgehead atoms. The highest BCUT2D eigenvalue weighted by atomic mass is 32.1. The molecule has 1 aromatic carbocycles. The quantitative estimate of drug-likeness (QED) is 0.574. The van der Waals surface area contributed by atoms with Gasteiger partial charge in [-0.25, -0.2) is 0 Å². The van der Waals surface area contributed by atoms with Gasteiger partial charge in [0, 0.05) is 24.3 Å². The van der Waals surface area contributed by atoms with Crippen molar-refractivity contribution in [2.24, 2.45) is 0 Å². The van der Waals surface area contributed by atoms with Gasteiger partial charge in [-0.05, 0) is 12.1 Å². The highest BCUT2D eigenvalue weighted by Gasteiger charge is 2.14. The van der Waals surface area contributed by atoms with Gasteiger partial charge in [0.05, 0.1) is 13.2 Å². The van der Waals surface area contributed by atoms with Crippen LogP contribution in [0.25, 0.3) is 0 Å². The molecule has 1 aliphatic rings. The summed E-state index contributed by atoms with van der Waals surface area (Å²) >= 11 is 5.41. The first-order chi connectivity index (χ1) is 7.27. The van der Waals surface area contributed by atoms with Crippen LogP contribution in [0.5, 0.6) is 0 Å². The summed E-state index contributed by atoms with van der Waals surface area (Å²) in [4.78, 5) is 3.03. The number of nitrogen functional groups attached to an aromatic ring is 1. The van der Waals surface area contributed by atoms with E-state index >= 15 is 0 Å². The number of hydrogen-bond donors (Lipinski definition) is 1. The number of benzene rings is 1. The van der Waals surface area contributed by atoms with E-state index in [2.05, 4.69) is 4.90 Å². The monoisotopic (exact) mass is 222 g/mol. The maximum absolute atomic E-state index is 5.72. The molecule has 0 spiro atoms. The molecule has 15 heavy (non-hydrogen) atoms. The lowest BCUT2D eigenvalue weighted by Gasteiger charge is -2.29. The summed E-state index contributed by atoms with van der Waals surface area (Å²) in [6.45, 7) is 3.24. The van der Waals surface area contributed by atoms with Gasteiger partial charge in [-0.3, -0.25) is 0 Å². The Morgan fingerprint density at radius 3 is 2.73 bits per heavy atom. The van der Waals surface area contributed by atoms with Gasteiger partial charge in [0.15, 0.2) is 0 Å². The number of anilines is 1. The van der Waals surface area contributed by atoms with Gasteiger partial charge in [0.1, 0.15) is 4.99 Å². The fraction of sp³-hybridized carbons (Fsp3) is 0.364. The van der Waals surface area contributed by atoms with Crippen molar-refractivity contribution in [1.82, 2.24) is 4.90 Å². The highest BCUT2D eigenvalue weighted by molar-refractivity contribution is 7.80. The average molecular weight is 222 g/mol. The van der Waals surface area contributed by atoms with Crippen molar-refractivity contribution in [1.29, 1.82) is 0 Å². The van der Waals surface area contributed by atoms with E-state index in [0.717, 1.165) is 42.5 Å². The van der Waals surface area contributed by atoms with Crippen LogP contribution in [0.1, 0.15) is 5.56 Å². The lowest BCUT2D eigenvalue weighted by atomic mass is 10.2. The number of morpholine rings is 1. The number of thiocarbonyl (C=S) groups is 1. The minimum absolute atomic E-state index is 0.752. The minimum Gasteiger partial charge on any atom is -0.399 e. The van der Waals surface area contributed by atoms with Crippen LogP contribution in [0.3, 0.4) is 0 Å². The summed E-state index contributed by atoms with van der Waals surface area (Å²) in [6.07, 6.45) is 0. The molecule has 0 aliphatic carbocycles. The van der Waals surface area contributed by atoms with Crippen LogP contribution in [0.4, 0.5) is 5.69 Å². The Bertz CT molecular complexity index is 361. The van der Waals surface area contributed by atoms with Crippen molar-refractivity contribution < 1.29 is 4.74 Å². The van der Waals surface area contributed by atoms with E-state index in [9.17, 15) is 0 Å². The Kier molecular flexibility index (Phi) is 3.18. The van der Waals surface area contributed by atoms with Crippen molar-refractivity contribution in [3.8, 4) is 0 Å². The molecule has 1 aromatic rings. The summed E-state index contributed by atoms with van der Waals surface area (Å²) in [7, 11) is 0. The molecule has 1 fully saturated rings. The number of nitrogens with zero attached hydrogens (tertiary/aromatic N) is 1. The lowest BCUT2D eigenvalue weighted by Crippen LogP contribution is -2.40. The van der Waals surface area contributed by atoms with Gasteiger partial charge in [-0.15, -0.1) is 0 Å². The molecule has 0 aromatic heterocycles. The maximum atomic E-state index is 5.72. The second-order valence-electron chi connectivity index (χ2n) is 3.53. The molecule has 80 valence electrons. The van der Waals surface area contributed by atoms with Crippen LogP contribution in [0.15, 0.2) is 24.3 Å². The van der Waals surface area contributed by atoms with E-state index in [4.69, 9.17) is 22.7 Å². The normalized spacial score (nSPS) is 16.4. The van der Waals surface area contributed by atoms with Gasteiger partial charge >= 0.3 is 0 Å². The fourth-order valence-electron chi connectivity index (χ4n) is 1.62. The van der Waals surface area contributed by atoms with Crippen molar-refractivity contribution in [2.45, 2.75) is 0 Å². The van der Waals surface area contributed by atoms with Crippen molar-refractivity contribution in [3.05, 3.63) is 29.8 Å². The predicted molar refractivity (Wildman–Crippen MR) is 64.9 cm³/mol. The largest absolute Gasteiger partial charge is 0.399 e. The SMILES string of the molecule is Nc1cccc(C(=S)N2CCOCC2)c1. The molecule has 2 rings (SSSR count). The van der Waals surface area contributed by atoms with Crippen LogP contribution in [-0.4, -0.2) is 36.2 Å². The van der Waals surface area contributed by atoms with Crippen LogP contribution >= 0.6 is 12.2 Å². The van der Waals surface area contributed by atoms with E-state index < -0.39 is 0 Å². The smallest absolute Gasteiger partial charge is 0.109 e. The summed E-state index contributed by atoms with van der Waals surface area (Å²) < 4.78 is 5.28. The van der Waals surface area contributed by atoms with Gasteiger partial charge in [0.2, 0.25) is 0 Å². The van der Waals surface area contributed by atoms with E-state index in [0.29, 0.717) is 0 Å². The molecule has 0 atom stereocenters. The molecule has 1 heterocycles. The molecule has 3 nitrogen and oxygen atoms in total. The fourth-order valence-corrected chi connectivity index (χ4v) is 1.93. The Morgan fingerprint density at radius 2 is 2.07 bits per heavy atom. The van der Waals surface area contributed by atoms with Gasteiger partial charge in [-0.1, -0.05) is 24.4 Å². The van der Waals surface area contributed by atoms with E-state index in [1.54, 1.807) is 0 Å². The molecule has 1 aliphatic heterocycles. The number of hydrogen-bond acceptors (Lipinski definition) is 3. The first-order valence-electron chi connectivity index (χ1n) is 5.00. The van der Waals surface area contributed by atoms with Crippen LogP contribution in [0.2, 0.25) is 0 Å². The summed E-state index contributed by atoms with van der Waals surface area (Å²) in [6, 6.07) is 7.70. The molecule has 1 saturated heterocycles. The Morgan fingerprint density at radius 1 is 1.33 bits per heavy atom. The Labute approximate surface area is 94.8 Å².